The van der Waals surface area contributed by atoms with Gasteiger partial charge in [-0.25, -0.2) is 0 Å². The Bertz CT molecular complexity index is 2000. The molecular weight excluding hydrogens is 607 g/mol. The van der Waals surface area contributed by atoms with Crippen molar-refractivity contribution >= 4 is 88.3 Å². The Balaban J connectivity index is 0.000000801. The van der Waals surface area contributed by atoms with Crippen molar-refractivity contribution in [1.29, 1.82) is 0 Å². The Morgan fingerprint density at radius 2 is 0.522 bits per heavy atom. The fourth-order valence-electron chi connectivity index (χ4n) is 7.23. The van der Waals surface area contributed by atoms with Gasteiger partial charge in [0, 0.05) is 8.80 Å². The molecule has 1 unspecified atom stereocenters. The van der Waals surface area contributed by atoms with Crippen LogP contribution in [0.3, 0.4) is 0 Å². The Hall–Kier alpha value is -4.12. The molecule has 0 aromatic heterocycles. The first-order valence-electron chi connectivity index (χ1n) is 15.9. The standard InChI is InChI=1S/C40H30P2.C3H9Si/c41-42(37-25-9-17-29-13-1-5-21-33(29)37,38-26-10-18-30-14-2-6-22-34(30)38,39-27-11-19-31-15-3-7-23-35(31)39)40-28-12-20-32-16-4-8-24-36(32)40;1-4(2)3/h1-28H,41H2;1-3H3. The third-order valence-electron chi connectivity index (χ3n) is 9.07. The Kier molecular flexibility index (Phi) is 8.12. The molecule has 0 heterocycles. The van der Waals surface area contributed by atoms with E-state index in [1.54, 1.807) is 0 Å². The first kappa shape index (κ1) is 30.5. The minimum absolute atomic E-state index is 0.120. The van der Waals surface area contributed by atoms with Crippen LogP contribution in [0.1, 0.15) is 0 Å². The molecule has 0 amide bonds. The van der Waals surface area contributed by atoms with Crippen molar-refractivity contribution in [2.45, 2.75) is 19.6 Å². The van der Waals surface area contributed by atoms with Crippen LogP contribution < -0.4 is 21.2 Å². The summed E-state index contributed by atoms with van der Waals surface area (Å²) in [6.07, 6.45) is -3.59. The predicted octanol–water partition coefficient (Wildman–Crippen LogP) is 10.6. The summed E-state index contributed by atoms with van der Waals surface area (Å²) in [5.41, 5.74) is 0. The van der Waals surface area contributed by atoms with E-state index in [1.807, 2.05) is 0 Å². The maximum absolute atomic E-state index is 3.65. The molecule has 8 rings (SSSR count). The average molecular weight is 646 g/mol. The van der Waals surface area contributed by atoms with Gasteiger partial charge in [-0.2, -0.15) is 0 Å². The Morgan fingerprint density at radius 1 is 0.326 bits per heavy atom. The number of rotatable bonds is 4. The van der Waals surface area contributed by atoms with Crippen LogP contribution in [-0.2, 0) is 0 Å². The third kappa shape index (κ3) is 4.82. The summed E-state index contributed by atoms with van der Waals surface area (Å²) in [7, 11) is 3.77. The van der Waals surface area contributed by atoms with Gasteiger partial charge in [-0.1, -0.05) is 19.6 Å². The van der Waals surface area contributed by atoms with Crippen molar-refractivity contribution < 1.29 is 0 Å². The summed E-state index contributed by atoms with van der Waals surface area (Å²) in [6, 6.07) is 63.2. The van der Waals surface area contributed by atoms with Gasteiger partial charge in [0.15, 0.2) is 0 Å². The molecule has 0 N–H and O–H groups in total. The van der Waals surface area contributed by atoms with Crippen molar-refractivity contribution in [3.8, 4) is 0 Å². The van der Waals surface area contributed by atoms with Crippen LogP contribution in [0.2, 0.25) is 19.6 Å². The fourth-order valence-corrected chi connectivity index (χ4v) is 15.9. The zero-order valence-electron chi connectivity index (χ0n) is 26.7. The molecule has 0 bridgehead atoms. The molecule has 0 spiro atoms. The van der Waals surface area contributed by atoms with Crippen LogP contribution in [-0.4, -0.2) is 8.80 Å². The second kappa shape index (κ2) is 12.2. The minimum atomic E-state index is -3.59. The van der Waals surface area contributed by atoms with E-state index in [4.69, 9.17) is 0 Å². The summed E-state index contributed by atoms with van der Waals surface area (Å²) in [5, 5.41) is 15.7. The number of hydrogen-bond acceptors (Lipinski definition) is 0. The molecule has 0 saturated carbocycles. The Morgan fingerprint density at radius 3 is 0.761 bits per heavy atom. The van der Waals surface area contributed by atoms with Crippen molar-refractivity contribution in [1.82, 2.24) is 0 Å². The van der Waals surface area contributed by atoms with Crippen LogP contribution in [0.15, 0.2) is 170 Å². The SMILES string of the molecule is C[Si](C)C.PP(c1cccc2ccccc12)(c1cccc2ccccc12)(c1cccc2ccccc12)c1cccc2ccccc12. The van der Waals surface area contributed by atoms with Gasteiger partial charge < -0.3 is 0 Å². The van der Waals surface area contributed by atoms with Crippen molar-refractivity contribution in [3.63, 3.8) is 0 Å². The molecule has 0 aliphatic rings. The van der Waals surface area contributed by atoms with Gasteiger partial charge in [0.25, 0.3) is 0 Å². The van der Waals surface area contributed by atoms with E-state index < -0.39 is 6.29 Å². The van der Waals surface area contributed by atoms with Crippen LogP contribution >= 0.6 is 15.2 Å². The maximum atomic E-state index is 3.65. The normalized spacial score (nSPS) is 12.6. The molecule has 8 aromatic carbocycles. The van der Waals surface area contributed by atoms with Crippen LogP contribution in [0, 0.1) is 0 Å². The Labute approximate surface area is 276 Å². The van der Waals surface area contributed by atoms with Gasteiger partial charge in [0.05, 0.1) is 0 Å². The van der Waals surface area contributed by atoms with E-state index in [0.717, 1.165) is 0 Å². The molecule has 3 heteroatoms. The first-order chi connectivity index (χ1) is 22.4. The zero-order valence-corrected chi connectivity index (χ0v) is 29.7. The number of fused-ring (bicyclic) bond motifs is 4. The molecule has 8 aromatic rings. The van der Waals surface area contributed by atoms with E-state index >= 15 is 0 Å². The number of hydrogen-bond donors (Lipinski definition) is 0. The van der Waals surface area contributed by atoms with E-state index in [-0.39, 0.29) is 8.80 Å². The van der Waals surface area contributed by atoms with Crippen molar-refractivity contribution in [2.24, 2.45) is 0 Å². The summed E-state index contributed by atoms with van der Waals surface area (Å²) < 4.78 is 0. The first-order valence-corrected chi connectivity index (χ1v) is 22.8. The average Bonchev–Trinajstić information content (AvgIpc) is 3.10. The van der Waals surface area contributed by atoms with Gasteiger partial charge in [-0.15, -0.1) is 0 Å². The zero-order chi connectivity index (χ0) is 31.8. The molecule has 46 heavy (non-hydrogen) atoms. The topological polar surface area (TPSA) is 0 Å². The molecule has 1 atom stereocenters. The van der Waals surface area contributed by atoms with Crippen LogP contribution in [0.25, 0.3) is 43.1 Å². The summed E-state index contributed by atoms with van der Waals surface area (Å²) in [5.74, 6) is 0. The molecular formula is C43H39P2Si. The predicted molar refractivity (Wildman–Crippen MR) is 214 cm³/mol. The van der Waals surface area contributed by atoms with E-state index in [9.17, 15) is 0 Å². The van der Waals surface area contributed by atoms with Gasteiger partial charge in [-0.05, 0) is 0 Å². The third-order valence-corrected chi connectivity index (χ3v) is 18.0. The van der Waals surface area contributed by atoms with Crippen LogP contribution in [0.5, 0.6) is 0 Å². The molecule has 1 radical (unpaired) electrons. The van der Waals surface area contributed by atoms with Gasteiger partial charge in [0.1, 0.15) is 0 Å². The molecule has 0 nitrogen and oxygen atoms in total. The molecule has 0 aliphatic carbocycles. The van der Waals surface area contributed by atoms with Gasteiger partial charge >= 0.3 is 249 Å². The van der Waals surface area contributed by atoms with Crippen molar-refractivity contribution in [2.75, 3.05) is 0 Å². The fraction of sp³-hybridized carbons (Fsp3) is 0.0698. The second-order valence-electron chi connectivity index (χ2n) is 12.7. The molecule has 0 saturated heterocycles. The molecule has 225 valence electrons. The summed E-state index contributed by atoms with van der Waals surface area (Å²) >= 11 is 0. The molecule has 0 fully saturated rings. The van der Waals surface area contributed by atoms with Crippen LogP contribution in [0.4, 0.5) is 0 Å². The second-order valence-corrected chi connectivity index (χ2v) is 23.1. The van der Waals surface area contributed by atoms with Crippen molar-refractivity contribution in [3.05, 3.63) is 170 Å². The summed E-state index contributed by atoms with van der Waals surface area (Å²) in [6.45, 7) is 6.81. The van der Waals surface area contributed by atoms with E-state index in [1.165, 1.54) is 64.3 Å². The summed E-state index contributed by atoms with van der Waals surface area (Å²) in [4.78, 5) is 0. The van der Waals surface area contributed by atoms with E-state index in [0.29, 0.717) is 0 Å². The van der Waals surface area contributed by atoms with Gasteiger partial charge in [0.2, 0.25) is 0 Å². The monoisotopic (exact) mass is 645 g/mol. The molecule has 0 aliphatic heterocycles. The quantitative estimate of drug-likeness (QED) is 0.132. The van der Waals surface area contributed by atoms with Gasteiger partial charge in [-0.3, -0.25) is 0 Å². The van der Waals surface area contributed by atoms with E-state index in [2.05, 4.69) is 198 Å². The number of benzene rings is 8.